The normalized spacial score (nSPS) is 11.0. The molecule has 0 fully saturated rings. The van der Waals surface area contributed by atoms with Crippen LogP contribution >= 0.6 is 34.3 Å². The summed E-state index contributed by atoms with van der Waals surface area (Å²) in [6.07, 6.45) is 6.08. The number of aryl methyl sites for hydroxylation is 2. The van der Waals surface area contributed by atoms with Gasteiger partial charge in [-0.3, -0.25) is 14.8 Å². The Morgan fingerprint density at radius 2 is 2.18 bits per heavy atom. The molecule has 1 aromatic carbocycles. The summed E-state index contributed by atoms with van der Waals surface area (Å²) in [7, 11) is 1.84. The number of nitrogens with zero attached hydrogens (tertiary/aromatic N) is 4. The lowest BCUT2D eigenvalue weighted by Gasteiger charge is -2.02. The lowest BCUT2D eigenvalue weighted by atomic mass is 10.1. The fourth-order valence-corrected chi connectivity index (χ4v) is 4.42. The van der Waals surface area contributed by atoms with E-state index in [-0.39, 0.29) is 5.91 Å². The van der Waals surface area contributed by atoms with Gasteiger partial charge in [0.1, 0.15) is 10.7 Å². The first kappa shape index (κ1) is 18.8. The minimum absolute atomic E-state index is 0.273. The van der Waals surface area contributed by atoms with Gasteiger partial charge >= 0.3 is 0 Å². The number of amides is 1. The van der Waals surface area contributed by atoms with Crippen LogP contribution in [0.4, 0.5) is 5.13 Å². The number of benzene rings is 1. The predicted molar refractivity (Wildman–Crippen MR) is 113 cm³/mol. The molecule has 142 valence electrons. The van der Waals surface area contributed by atoms with E-state index in [4.69, 9.17) is 11.6 Å². The second kappa shape index (κ2) is 7.83. The first-order chi connectivity index (χ1) is 13.5. The van der Waals surface area contributed by atoms with Crippen molar-refractivity contribution in [2.75, 3.05) is 5.32 Å². The van der Waals surface area contributed by atoms with Crippen LogP contribution in [0.25, 0.3) is 10.6 Å². The summed E-state index contributed by atoms with van der Waals surface area (Å²) in [5, 5.41) is 10.7. The Balaban J connectivity index is 1.43. The zero-order chi connectivity index (χ0) is 19.7. The summed E-state index contributed by atoms with van der Waals surface area (Å²) < 4.78 is 1.70. The molecule has 4 aromatic rings. The number of halogens is 1. The predicted octanol–water partition coefficient (Wildman–Crippen LogP) is 4.81. The van der Waals surface area contributed by atoms with Crippen molar-refractivity contribution >= 4 is 45.3 Å². The highest BCUT2D eigenvalue weighted by Gasteiger charge is 2.15. The van der Waals surface area contributed by atoms with Crippen LogP contribution in [-0.4, -0.2) is 25.7 Å². The van der Waals surface area contributed by atoms with Gasteiger partial charge in [-0.1, -0.05) is 23.7 Å². The monoisotopic (exact) mass is 429 g/mol. The smallest absolute Gasteiger partial charge is 0.276 e. The maximum atomic E-state index is 12.5. The number of hydrogen-bond acceptors (Lipinski definition) is 6. The molecule has 4 rings (SSSR count). The number of anilines is 1. The van der Waals surface area contributed by atoms with E-state index in [2.05, 4.69) is 26.4 Å². The van der Waals surface area contributed by atoms with E-state index in [1.54, 1.807) is 22.5 Å². The Hall–Kier alpha value is -2.55. The lowest BCUT2D eigenvalue weighted by molar-refractivity contribution is 0.102. The van der Waals surface area contributed by atoms with E-state index >= 15 is 0 Å². The fraction of sp³-hybridized carbons (Fsp3) is 0.158. The van der Waals surface area contributed by atoms with Gasteiger partial charge in [-0.2, -0.15) is 5.10 Å². The number of nitrogens with one attached hydrogen (secondary N) is 1. The number of thiazole rings is 2. The molecule has 0 radical (unpaired) electrons. The molecule has 0 bridgehead atoms. The van der Waals surface area contributed by atoms with Crippen molar-refractivity contribution in [1.29, 1.82) is 0 Å². The van der Waals surface area contributed by atoms with Crippen LogP contribution in [0.3, 0.4) is 0 Å². The zero-order valence-electron chi connectivity index (χ0n) is 15.1. The first-order valence-corrected chi connectivity index (χ1v) is 10.5. The third kappa shape index (κ3) is 4.14. The Labute approximate surface area is 174 Å². The van der Waals surface area contributed by atoms with Crippen molar-refractivity contribution in [3.8, 4) is 10.6 Å². The number of aromatic nitrogens is 4. The topological polar surface area (TPSA) is 72.7 Å². The first-order valence-electron chi connectivity index (χ1n) is 8.43. The number of hydrogen-bond donors (Lipinski definition) is 1. The van der Waals surface area contributed by atoms with Gasteiger partial charge in [-0.15, -0.1) is 22.7 Å². The molecule has 0 aliphatic rings. The SMILES string of the molecule is Cc1ccc(Cc2cnc(NC(=O)c3csc(-c4cnn(C)c4)n3)s2)cc1Cl. The van der Waals surface area contributed by atoms with Crippen LogP contribution in [0, 0.1) is 6.92 Å². The van der Waals surface area contributed by atoms with Crippen LogP contribution in [0.15, 0.2) is 42.2 Å². The van der Waals surface area contributed by atoms with Gasteiger partial charge in [-0.25, -0.2) is 9.97 Å². The molecular formula is C19H16ClN5OS2. The lowest BCUT2D eigenvalue weighted by Crippen LogP contribution is -2.11. The molecular weight excluding hydrogens is 414 g/mol. The minimum Gasteiger partial charge on any atom is -0.296 e. The molecule has 9 heteroatoms. The maximum Gasteiger partial charge on any atom is 0.276 e. The van der Waals surface area contributed by atoms with Crippen molar-refractivity contribution in [1.82, 2.24) is 19.7 Å². The summed E-state index contributed by atoms with van der Waals surface area (Å²) in [6, 6.07) is 6.02. The van der Waals surface area contributed by atoms with Crippen LogP contribution in [0.2, 0.25) is 5.02 Å². The Kier molecular flexibility index (Phi) is 5.25. The van der Waals surface area contributed by atoms with Crippen molar-refractivity contribution in [2.45, 2.75) is 13.3 Å². The van der Waals surface area contributed by atoms with Crippen LogP contribution in [0.1, 0.15) is 26.5 Å². The molecule has 0 saturated carbocycles. The highest BCUT2D eigenvalue weighted by atomic mass is 35.5. The van der Waals surface area contributed by atoms with Gasteiger partial charge in [0.05, 0.1) is 6.20 Å². The highest BCUT2D eigenvalue weighted by molar-refractivity contribution is 7.15. The molecule has 0 unspecified atom stereocenters. The van der Waals surface area contributed by atoms with E-state index in [9.17, 15) is 4.79 Å². The summed E-state index contributed by atoms with van der Waals surface area (Å²) in [6.45, 7) is 1.98. The molecule has 1 amide bonds. The van der Waals surface area contributed by atoms with Gasteiger partial charge in [0.2, 0.25) is 0 Å². The van der Waals surface area contributed by atoms with E-state index in [0.29, 0.717) is 10.8 Å². The van der Waals surface area contributed by atoms with Crippen molar-refractivity contribution in [2.24, 2.45) is 7.05 Å². The quantitative estimate of drug-likeness (QED) is 0.494. The zero-order valence-corrected chi connectivity index (χ0v) is 17.5. The molecule has 0 aliphatic carbocycles. The van der Waals surface area contributed by atoms with Crippen molar-refractivity contribution in [3.63, 3.8) is 0 Å². The molecule has 0 atom stereocenters. The molecule has 3 heterocycles. The third-order valence-corrected chi connectivity index (χ3v) is 6.29. The average molecular weight is 430 g/mol. The molecule has 3 aromatic heterocycles. The summed E-state index contributed by atoms with van der Waals surface area (Å²) in [5.74, 6) is -0.273. The van der Waals surface area contributed by atoms with E-state index in [0.717, 1.165) is 38.0 Å². The van der Waals surface area contributed by atoms with Gasteiger partial charge in [0.15, 0.2) is 5.13 Å². The summed E-state index contributed by atoms with van der Waals surface area (Å²) in [5.41, 5.74) is 3.42. The molecule has 6 nitrogen and oxygen atoms in total. The largest absolute Gasteiger partial charge is 0.296 e. The number of carbonyl (C=O) groups excluding carboxylic acids is 1. The average Bonchev–Trinajstić information content (AvgIpc) is 3.39. The third-order valence-electron chi connectivity index (χ3n) is 4.08. The molecule has 0 spiro atoms. The van der Waals surface area contributed by atoms with Gasteiger partial charge in [0, 0.05) is 46.7 Å². The number of rotatable bonds is 5. The van der Waals surface area contributed by atoms with E-state index in [1.807, 2.05) is 32.3 Å². The second-order valence-corrected chi connectivity index (χ2v) is 8.67. The molecule has 28 heavy (non-hydrogen) atoms. The Bertz CT molecular complexity index is 1150. The van der Waals surface area contributed by atoms with Gasteiger partial charge in [0.25, 0.3) is 5.91 Å². The van der Waals surface area contributed by atoms with E-state index < -0.39 is 0 Å². The van der Waals surface area contributed by atoms with Crippen LogP contribution < -0.4 is 5.32 Å². The molecule has 0 saturated heterocycles. The van der Waals surface area contributed by atoms with Gasteiger partial charge < -0.3 is 0 Å². The maximum absolute atomic E-state index is 12.5. The van der Waals surface area contributed by atoms with Crippen molar-refractivity contribution < 1.29 is 4.79 Å². The van der Waals surface area contributed by atoms with Gasteiger partial charge in [-0.05, 0) is 24.1 Å². The standard InChI is InChI=1S/C19H16ClN5OS2/c1-11-3-4-12(6-15(11)20)5-14-8-21-19(28-14)24-17(26)16-10-27-18(23-16)13-7-22-25(2)9-13/h3-4,6-10H,5H2,1-2H3,(H,21,24,26). The highest BCUT2D eigenvalue weighted by Crippen LogP contribution is 2.26. The summed E-state index contributed by atoms with van der Waals surface area (Å²) >= 11 is 9.04. The number of carbonyl (C=O) groups is 1. The van der Waals surface area contributed by atoms with E-state index in [1.165, 1.54) is 22.7 Å². The minimum atomic E-state index is -0.273. The van der Waals surface area contributed by atoms with Crippen molar-refractivity contribution in [3.05, 3.63) is 68.9 Å². The fourth-order valence-electron chi connectivity index (χ4n) is 2.60. The second-order valence-electron chi connectivity index (χ2n) is 6.29. The Morgan fingerprint density at radius 1 is 1.32 bits per heavy atom. The Morgan fingerprint density at radius 3 is 2.93 bits per heavy atom. The summed E-state index contributed by atoms with van der Waals surface area (Å²) in [4.78, 5) is 22.2. The molecule has 1 N–H and O–H groups in total. The van der Waals surface area contributed by atoms with Crippen LogP contribution in [-0.2, 0) is 13.5 Å². The van der Waals surface area contributed by atoms with Crippen LogP contribution in [0.5, 0.6) is 0 Å². The molecule has 0 aliphatic heterocycles.